The highest BCUT2D eigenvalue weighted by Gasteiger charge is 2.37. The van der Waals surface area contributed by atoms with E-state index in [0.29, 0.717) is 5.92 Å². The van der Waals surface area contributed by atoms with Gasteiger partial charge in [-0.05, 0) is 24.3 Å². The molecule has 1 aromatic rings. The van der Waals surface area contributed by atoms with Crippen molar-refractivity contribution in [3.8, 4) is 0 Å². The number of rotatable bonds is 2. The molecule has 1 fully saturated rings. The Kier molecular flexibility index (Phi) is 3.82. The van der Waals surface area contributed by atoms with E-state index >= 15 is 0 Å². The van der Waals surface area contributed by atoms with Crippen LogP contribution in [0.4, 0.5) is 0 Å². The number of allylic oxidation sites excluding steroid dienone is 1. The molecule has 2 rings (SSSR count). The van der Waals surface area contributed by atoms with Gasteiger partial charge in [-0.25, -0.2) is 0 Å². The Bertz CT molecular complexity index is 412. The third-order valence-corrected chi connectivity index (χ3v) is 3.42. The quantitative estimate of drug-likeness (QED) is 0.596. The molecular weight excluding hydrogens is 215 g/mol. The smallest absolute Gasteiger partial charge is 0.131 e. The molecule has 0 atom stereocenters. The van der Waals surface area contributed by atoms with Crippen molar-refractivity contribution in [2.24, 2.45) is 5.92 Å². The number of ether oxygens (including phenoxy) is 1. The molecule has 1 aromatic carbocycles. The molecule has 0 radical (unpaired) electrons. The third kappa shape index (κ3) is 3.84. The summed E-state index contributed by atoms with van der Waals surface area (Å²) in [5.41, 5.74) is 1.28. The molecule has 0 amide bonds. The highest BCUT2D eigenvalue weighted by molar-refractivity contribution is 6.42. The average Bonchev–Trinajstić information content (AvgIpc) is 2.24. The molecule has 0 aliphatic carbocycles. The van der Waals surface area contributed by atoms with Crippen LogP contribution in [0.1, 0.15) is 18.4 Å². The van der Waals surface area contributed by atoms with E-state index < -0.39 is 0 Å². The van der Waals surface area contributed by atoms with Gasteiger partial charge in [-0.15, -0.1) is 0 Å². The first-order valence-corrected chi connectivity index (χ1v) is 6.80. The minimum Gasteiger partial charge on any atom is -0.404 e. The summed E-state index contributed by atoms with van der Waals surface area (Å²) in [6, 6.07) is 10.5. The van der Waals surface area contributed by atoms with E-state index in [4.69, 9.17) is 4.74 Å². The summed E-state index contributed by atoms with van der Waals surface area (Å²) in [6.45, 7) is 0. The zero-order valence-corrected chi connectivity index (χ0v) is 11.9. The summed E-state index contributed by atoms with van der Waals surface area (Å²) in [6.07, 6.45) is 6.78. The van der Waals surface area contributed by atoms with Gasteiger partial charge in [0.1, 0.15) is 31.4 Å². The second-order valence-corrected chi connectivity index (χ2v) is 6.56. The topological polar surface area (TPSA) is 9.23 Å². The van der Waals surface area contributed by atoms with Crippen LogP contribution >= 0.6 is 0 Å². The molecule has 0 spiro atoms. The Balaban J connectivity index is 2.07. The number of benzene rings is 1. The molecule has 0 unspecified atom stereocenters. The third-order valence-electron chi connectivity index (χ3n) is 3.42. The fourth-order valence-corrected chi connectivity index (χ4v) is 3.11. The van der Waals surface area contributed by atoms with Crippen LogP contribution in [0.2, 0.25) is 0 Å². The SMILES string of the molecule is BC1(B)CC(/C=C/c2ccccc2)CC(B)(B)O1. The predicted molar refractivity (Wildman–Crippen MR) is 88.9 cm³/mol. The lowest BCUT2D eigenvalue weighted by molar-refractivity contribution is -0.0285. The first-order valence-electron chi connectivity index (χ1n) is 6.80. The largest absolute Gasteiger partial charge is 0.404 e. The maximum Gasteiger partial charge on any atom is 0.131 e. The van der Waals surface area contributed by atoms with Crippen LogP contribution in [-0.2, 0) is 4.74 Å². The van der Waals surface area contributed by atoms with Gasteiger partial charge in [-0.3, -0.25) is 0 Å². The zero-order chi connectivity index (χ0) is 13.2. The van der Waals surface area contributed by atoms with Crippen LogP contribution in [-0.4, -0.2) is 42.2 Å². The highest BCUT2D eigenvalue weighted by atomic mass is 16.5. The Morgan fingerprint density at radius 1 is 1.00 bits per heavy atom. The van der Waals surface area contributed by atoms with Crippen molar-refractivity contribution in [2.75, 3.05) is 0 Å². The first-order chi connectivity index (χ1) is 8.36. The van der Waals surface area contributed by atoms with Crippen molar-refractivity contribution >= 4 is 37.5 Å². The molecule has 90 valence electrons. The minimum atomic E-state index is -0.0204. The zero-order valence-electron chi connectivity index (χ0n) is 11.9. The molecule has 5 heteroatoms. The van der Waals surface area contributed by atoms with E-state index in [0.717, 1.165) is 12.8 Å². The normalized spacial score (nSPS) is 23.1. The summed E-state index contributed by atoms with van der Waals surface area (Å²) >= 11 is 0. The van der Waals surface area contributed by atoms with Crippen molar-refractivity contribution in [3.63, 3.8) is 0 Å². The van der Waals surface area contributed by atoms with Crippen molar-refractivity contribution in [1.82, 2.24) is 0 Å². The summed E-state index contributed by atoms with van der Waals surface area (Å²) < 4.78 is 6.11. The molecule has 1 nitrogen and oxygen atoms in total. The van der Waals surface area contributed by atoms with E-state index in [2.05, 4.69) is 73.9 Å². The van der Waals surface area contributed by atoms with Gasteiger partial charge in [0.15, 0.2) is 0 Å². The van der Waals surface area contributed by atoms with Crippen LogP contribution in [0.5, 0.6) is 0 Å². The summed E-state index contributed by atoms with van der Waals surface area (Å²) in [7, 11) is 8.77. The number of hydrogen-bond acceptors (Lipinski definition) is 1. The molecule has 0 bridgehead atoms. The standard InChI is InChI=1S/C13H20B4O/c14-12(15)8-11(9-13(16,17)18-12)7-6-10-4-2-1-3-5-10/h1-7,11H,8-9,14-17H2/b7-6+. The van der Waals surface area contributed by atoms with Gasteiger partial charge >= 0.3 is 0 Å². The lowest BCUT2D eigenvalue weighted by Crippen LogP contribution is -2.53. The first kappa shape index (κ1) is 13.6. The minimum absolute atomic E-state index is 0.0204. The van der Waals surface area contributed by atoms with Gasteiger partial charge in [0.2, 0.25) is 0 Å². The van der Waals surface area contributed by atoms with Crippen molar-refractivity contribution in [3.05, 3.63) is 42.0 Å². The lowest BCUT2D eigenvalue weighted by atomic mass is 9.51. The predicted octanol–water partition coefficient (Wildman–Crippen LogP) is -1.03. The van der Waals surface area contributed by atoms with Gasteiger partial charge in [-0.2, -0.15) is 0 Å². The molecule has 0 N–H and O–H groups in total. The van der Waals surface area contributed by atoms with E-state index in [9.17, 15) is 0 Å². The van der Waals surface area contributed by atoms with E-state index in [1.807, 2.05) is 0 Å². The number of hydrogen-bond donors (Lipinski definition) is 0. The van der Waals surface area contributed by atoms with E-state index in [1.165, 1.54) is 5.56 Å². The molecule has 0 saturated carbocycles. The Labute approximate surface area is 114 Å². The Morgan fingerprint density at radius 3 is 2.11 bits per heavy atom. The second kappa shape index (κ2) is 5.05. The van der Waals surface area contributed by atoms with Gasteiger partial charge in [0.05, 0.1) is 0 Å². The van der Waals surface area contributed by atoms with Crippen LogP contribution < -0.4 is 0 Å². The maximum atomic E-state index is 6.11. The molecule has 1 heterocycles. The Morgan fingerprint density at radius 2 is 1.56 bits per heavy atom. The molecule has 18 heavy (non-hydrogen) atoms. The Hall–Kier alpha value is -0.820. The molecule has 1 aliphatic heterocycles. The molecule has 1 saturated heterocycles. The van der Waals surface area contributed by atoms with Crippen molar-refractivity contribution < 1.29 is 4.74 Å². The fourth-order valence-electron chi connectivity index (χ4n) is 3.11. The van der Waals surface area contributed by atoms with Gasteiger partial charge in [-0.1, -0.05) is 42.5 Å². The monoisotopic (exact) mass is 236 g/mol. The van der Waals surface area contributed by atoms with Crippen molar-refractivity contribution in [1.29, 1.82) is 0 Å². The second-order valence-electron chi connectivity index (χ2n) is 6.56. The molecular formula is C13H20B4O. The fraction of sp³-hybridized carbons (Fsp3) is 0.385. The van der Waals surface area contributed by atoms with Gasteiger partial charge < -0.3 is 4.74 Å². The summed E-state index contributed by atoms with van der Waals surface area (Å²) in [5, 5.41) is -0.0408. The van der Waals surface area contributed by atoms with Crippen LogP contribution in [0.3, 0.4) is 0 Å². The van der Waals surface area contributed by atoms with Gasteiger partial charge in [0.25, 0.3) is 0 Å². The lowest BCUT2D eigenvalue weighted by Gasteiger charge is -2.45. The van der Waals surface area contributed by atoms with Gasteiger partial charge in [0, 0.05) is 10.8 Å². The summed E-state index contributed by atoms with van der Waals surface area (Å²) in [4.78, 5) is 0. The van der Waals surface area contributed by atoms with Crippen LogP contribution in [0, 0.1) is 5.92 Å². The van der Waals surface area contributed by atoms with E-state index in [1.54, 1.807) is 0 Å². The van der Waals surface area contributed by atoms with Crippen LogP contribution in [0.15, 0.2) is 36.4 Å². The maximum absolute atomic E-state index is 6.11. The highest BCUT2D eigenvalue weighted by Crippen LogP contribution is 2.33. The molecule has 1 aliphatic rings. The molecule has 0 aromatic heterocycles. The van der Waals surface area contributed by atoms with E-state index in [-0.39, 0.29) is 10.8 Å². The average molecular weight is 236 g/mol. The van der Waals surface area contributed by atoms with Crippen LogP contribution in [0.25, 0.3) is 6.08 Å². The summed E-state index contributed by atoms with van der Waals surface area (Å²) in [5.74, 6) is 0.601. The van der Waals surface area contributed by atoms with Crippen molar-refractivity contribution in [2.45, 2.75) is 23.6 Å².